The number of benzene rings is 3. The minimum absolute atomic E-state index is 0.111. The summed E-state index contributed by atoms with van der Waals surface area (Å²) in [4.78, 5) is 27.7. The van der Waals surface area contributed by atoms with Crippen molar-refractivity contribution in [2.75, 3.05) is 31.6 Å². The van der Waals surface area contributed by atoms with Crippen molar-refractivity contribution in [3.8, 4) is 16.9 Å². The molecule has 0 spiro atoms. The number of nitrogens with one attached hydrogen (secondary N) is 1. The van der Waals surface area contributed by atoms with E-state index < -0.39 is 6.10 Å². The van der Waals surface area contributed by atoms with Crippen LogP contribution in [0.1, 0.15) is 23.7 Å². The van der Waals surface area contributed by atoms with E-state index in [0.717, 1.165) is 11.1 Å². The van der Waals surface area contributed by atoms with E-state index in [-0.39, 0.29) is 11.8 Å². The number of carbonyl (C=O) groups excluding carboxylic acids is 2. The third-order valence-corrected chi connectivity index (χ3v) is 5.62. The van der Waals surface area contributed by atoms with Crippen molar-refractivity contribution in [3.05, 3.63) is 84.4 Å². The van der Waals surface area contributed by atoms with Crippen LogP contribution in [0.2, 0.25) is 0 Å². The molecule has 0 bridgehead atoms. The zero-order valence-electron chi connectivity index (χ0n) is 18.7. The first-order valence-electron chi connectivity index (χ1n) is 11.2. The van der Waals surface area contributed by atoms with E-state index in [1.165, 1.54) is 0 Å². The van der Waals surface area contributed by atoms with Crippen molar-refractivity contribution in [1.29, 1.82) is 0 Å². The second-order valence-electron chi connectivity index (χ2n) is 7.84. The van der Waals surface area contributed by atoms with E-state index in [0.29, 0.717) is 49.7 Å². The zero-order chi connectivity index (χ0) is 23.0. The van der Waals surface area contributed by atoms with Crippen molar-refractivity contribution in [1.82, 2.24) is 4.90 Å². The van der Waals surface area contributed by atoms with Gasteiger partial charge in [0.25, 0.3) is 11.8 Å². The van der Waals surface area contributed by atoms with Gasteiger partial charge in [0, 0.05) is 13.1 Å². The molecule has 1 N–H and O–H groups in total. The van der Waals surface area contributed by atoms with Gasteiger partial charge in [0.2, 0.25) is 0 Å². The van der Waals surface area contributed by atoms with Crippen molar-refractivity contribution in [3.63, 3.8) is 0 Å². The van der Waals surface area contributed by atoms with Gasteiger partial charge in [0.15, 0.2) is 6.10 Å². The number of hydrogen-bond donors (Lipinski definition) is 1. The molecule has 2 amide bonds. The maximum atomic E-state index is 13.0. The molecule has 1 heterocycles. The van der Waals surface area contributed by atoms with Gasteiger partial charge in [0.1, 0.15) is 5.75 Å². The molecule has 170 valence electrons. The van der Waals surface area contributed by atoms with E-state index in [1.54, 1.807) is 29.2 Å². The van der Waals surface area contributed by atoms with Crippen molar-refractivity contribution in [2.45, 2.75) is 19.4 Å². The quantitative estimate of drug-likeness (QED) is 0.577. The predicted octanol–water partition coefficient (Wildman–Crippen LogP) is 4.62. The molecule has 0 saturated carbocycles. The van der Waals surface area contributed by atoms with Crippen LogP contribution in [0.5, 0.6) is 5.75 Å². The van der Waals surface area contributed by atoms with Crippen LogP contribution in [0.15, 0.2) is 78.9 Å². The maximum Gasteiger partial charge on any atom is 0.265 e. The number of ether oxygens (including phenoxy) is 2. The second-order valence-corrected chi connectivity index (χ2v) is 7.84. The molecule has 0 aromatic heterocycles. The predicted molar refractivity (Wildman–Crippen MR) is 128 cm³/mol. The highest BCUT2D eigenvalue weighted by molar-refractivity contribution is 6.04. The van der Waals surface area contributed by atoms with Gasteiger partial charge < -0.3 is 19.7 Å². The molecular weight excluding hydrogens is 416 g/mol. The van der Waals surface area contributed by atoms with E-state index >= 15 is 0 Å². The highest BCUT2D eigenvalue weighted by Gasteiger charge is 2.24. The Kier molecular flexibility index (Phi) is 7.37. The lowest BCUT2D eigenvalue weighted by molar-refractivity contribution is -0.122. The molecule has 33 heavy (non-hydrogen) atoms. The number of anilines is 1. The van der Waals surface area contributed by atoms with E-state index in [9.17, 15) is 9.59 Å². The van der Waals surface area contributed by atoms with E-state index in [4.69, 9.17) is 9.47 Å². The molecule has 0 aliphatic carbocycles. The topological polar surface area (TPSA) is 67.9 Å². The summed E-state index contributed by atoms with van der Waals surface area (Å²) in [5.74, 6) is 0.223. The summed E-state index contributed by atoms with van der Waals surface area (Å²) < 4.78 is 11.3. The second kappa shape index (κ2) is 10.8. The first-order chi connectivity index (χ1) is 16.2. The van der Waals surface area contributed by atoms with Gasteiger partial charge in [-0.2, -0.15) is 0 Å². The lowest BCUT2D eigenvalue weighted by Crippen LogP contribution is -2.41. The Hall–Kier alpha value is -3.64. The Morgan fingerprint density at radius 3 is 2.24 bits per heavy atom. The Morgan fingerprint density at radius 2 is 1.55 bits per heavy atom. The van der Waals surface area contributed by atoms with E-state index in [1.807, 2.05) is 61.5 Å². The van der Waals surface area contributed by atoms with Gasteiger partial charge in [-0.1, -0.05) is 61.5 Å². The fourth-order valence-corrected chi connectivity index (χ4v) is 3.77. The van der Waals surface area contributed by atoms with Crippen molar-refractivity contribution < 1.29 is 19.1 Å². The van der Waals surface area contributed by atoms with Crippen LogP contribution >= 0.6 is 0 Å². The number of nitrogens with zero attached hydrogens (tertiary/aromatic N) is 1. The summed E-state index contributed by atoms with van der Waals surface area (Å²) >= 11 is 0. The molecule has 1 unspecified atom stereocenters. The van der Waals surface area contributed by atoms with Crippen LogP contribution in [0.4, 0.5) is 5.69 Å². The monoisotopic (exact) mass is 444 g/mol. The lowest BCUT2D eigenvalue weighted by Gasteiger charge is -2.27. The van der Waals surface area contributed by atoms with Gasteiger partial charge in [-0.05, 0) is 41.8 Å². The standard InChI is InChI=1S/C27H28N2O4/c1-2-25(33-22-14-12-21(13-15-22)20-8-4-3-5-9-20)26(30)28-24-11-7-6-10-23(24)27(31)29-16-18-32-19-17-29/h3-15,25H,2,16-19H2,1H3,(H,28,30). The molecule has 0 radical (unpaired) electrons. The summed E-state index contributed by atoms with van der Waals surface area (Å²) in [6.07, 6.45) is -0.189. The molecule has 4 rings (SSSR count). The first kappa shape index (κ1) is 22.6. The lowest BCUT2D eigenvalue weighted by atomic mass is 10.1. The summed E-state index contributed by atoms with van der Waals surface area (Å²) in [5.41, 5.74) is 3.15. The van der Waals surface area contributed by atoms with Gasteiger partial charge in [-0.15, -0.1) is 0 Å². The minimum atomic E-state index is -0.681. The Morgan fingerprint density at radius 1 is 0.909 bits per heavy atom. The van der Waals surface area contributed by atoms with Crippen LogP contribution in [0.3, 0.4) is 0 Å². The van der Waals surface area contributed by atoms with Crippen LogP contribution in [0.25, 0.3) is 11.1 Å². The number of rotatable bonds is 7. The van der Waals surface area contributed by atoms with Gasteiger partial charge >= 0.3 is 0 Å². The normalized spacial score (nSPS) is 14.4. The Balaban J connectivity index is 1.44. The molecule has 1 aliphatic rings. The average molecular weight is 445 g/mol. The number of carbonyl (C=O) groups is 2. The minimum Gasteiger partial charge on any atom is -0.481 e. The molecule has 3 aromatic rings. The molecule has 3 aromatic carbocycles. The maximum absolute atomic E-state index is 13.0. The van der Waals surface area contributed by atoms with Gasteiger partial charge in [0.05, 0.1) is 24.5 Å². The number of amides is 2. The number of hydrogen-bond acceptors (Lipinski definition) is 4. The average Bonchev–Trinajstić information content (AvgIpc) is 2.88. The molecule has 1 atom stereocenters. The summed E-state index contributed by atoms with van der Waals surface area (Å²) in [5, 5.41) is 2.90. The van der Waals surface area contributed by atoms with Crippen molar-refractivity contribution >= 4 is 17.5 Å². The smallest absolute Gasteiger partial charge is 0.265 e. The largest absolute Gasteiger partial charge is 0.481 e. The van der Waals surface area contributed by atoms with Crippen LogP contribution in [-0.2, 0) is 9.53 Å². The van der Waals surface area contributed by atoms with Crippen LogP contribution in [0, 0.1) is 0 Å². The van der Waals surface area contributed by atoms with E-state index in [2.05, 4.69) is 5.32 Å². The Bertz CT molecular complexity index is 1080. The van der Waals surface area contributed by atoms with Gasteiger partial charge in [-0.25, -0.2) is 0 Å². The molecule has 1 aliphatic heterocycles. The number of para-hydroxylation sites is 1. The molecule has 1 fully saturated rings. The highest BCUT2D eigenvalue weighted by Crippen LogP contribution is 2.24. The fraction of sp³-hybridized carbons (Fsp3) is 0.259. The highest BCUT2D eigenvalue weighted by atomic mass is 16.5. The third-order valence-electron chi connectivity index (χ3n) is 5.62. The molecule has 6 nitrogen and oxygen atoms in total. The molecule has 6 heteroatoms. The third kappa shape index (κ3) is 5.59. The SMILES string of the molecule is CCC(Oc1ccc(-c2ccccc2)cc1)C(=O)Nc1ccccc1C(=O)N1CCOCC1. The molecule has 1 saturated heterocycles. The van der Waals surface area contributed by atoms with Crippen molar-refractivity contribution in [2.24, 2.45) is 0 Å². The summed E-state index contributed by atoms with van der Waals surface area (Å²) in [6, 6.07) is 24.8. The fourth-order valence-electron chi connectivity index (χ4n) is 3.77. The number of morpholine rings is 1. The zero-order valence-corrected chi connectivity index (χ0v) is 18.7. The van der Waals surface area contributed by atoms with Crippen LogP contribution in [-0.4, -0.2) is 49.1 Å². The Labute approximate surface area is 194 Å². The van der Waals surface area contributed by atoms with Gasteiger partial charge in [-0.3, -0.25) is 9.59 Å². The molecular formula is C27H28N2O4. The summed E-state index contributed by atoms with van der Waals surface area (Å²) in [7, 11) is 0. The first-order valence-corrected chi connectivity index (χ1v) is 11.2. The summed E-state index contributed by atoms with van der Waals surface area (Å²) in [6.45, 7) is 4.03. The van der Waals surface area contributed by atoms with Crippen LogP contribution < -0.4 is 10.1 Å².